The van der Waals surface area contributed by atoms with E-state index in [0.29, 0.717) is 6.42 Å². The van der Waals surface area contributed by atoms with E-state index in [9.17, 15) is 9.90 Å². The second kappa shape index (κ2) is 6.49. The number of amides is 1. The smallest absolute Gasteiger partial charge is 0.227 e. The standard InChI is InChI=1S/C18H27N3O2/c1-20-9-2-7-18(13-22)8-10-21(12-16(18)20)17(23)11-14-3-5-15(19)6-4-14/h3-6,16,22H,2,7-13,19H2,1H3/t16-,18-/m1/s1. The summed E-state index contributed by atoms with van der Waals surface area (Å²) in [6.45, 7) is 2.75. The van der Waals surface area contributed by atoms with Crippen molar-refractivity contribution in [3.63, 3.8) is 0 Å². The molecule has 2 heterocycles. The lowest BCUT2D eigenvalue weighted by atomic mass is 9.69. The average molecular weight is 317 g/mol. The van der Waals surface area contributed by atoms with Gasteiger partial charge in [-0.3, -0.25) is 4.79 Å². The van der Waals surface area contributed by atoms with E-state index in [1.165, 1.54) is 0 Å². The number of likely N-dealkylation sites (tertiary alicyclic amines) is 2. The molecule has 0 aliphatic carbocycles. The maximum Gasteiger partial charge on any atom is 0.227 e. The van der Waals surface area contributed by atoms with Gasteiger partial charge in [0.05, 0.1) is 13.0 Å². The van der Waals surface area contributed by atoms with Crippen LogP contribution in [0.1, 0.15) is 24.8 Å². The first kappa shape index (κ1) is 16.3. The summed E-state index contributed by atoms with van der Waals surface area (Å²) < 4.78 is 0. The van der Waals surface area contributed by atoms with Crippen LogP contribution in [0.4, 0.5) is 5.69 Å². The normalized spacial score (nSPS) is 28.4. The van der Waals surface area contributed by atoms with Gasteiger partial charge in [0.2, 0.25) is 5.91 Å². The Morgan fingerprint density at radius 2 is 2.04 bits per heavy atom. The van der Waals surface area contributed by atoms with Crippen molar-refractivity contribution in [1.82, 2.24) is 9.80 Å². The van der Waals surface area contributed by atoms with Crippen LogP contribution in [0.25, 0.3) is 0 Å². The molecule has 2 aliphatic heterocycles. The Morgan fingerprint density at radius 3 is 2.74 bits per heavy atom. The lowest BCUT2D eigenvalue weighted by molar-refractivity contribution is -0.139. The fourth-order valence-electron chi connectivity index (χ4n) is 4.16. The molecule has 0 aromatic heterocycles. The Hall–Kier alpha value is -1.59. The number of carbonyl (C=O) groups is 1. The van der Waals surface area contributed by atoms with E-state index in [1.807, 2.05) is 29.2 Å². The zero-order valence-corrected chi connectivity index (χ0v) is 13.9. The molecule has 23 heavy (non-hydrogen) atoms. The summed E-state index contributed by atoms with van der Waals surface area (Å²) in [5.41, 5.74) is 7.39. The lowest BCUT2D eigenvalue weighted by Crippen LogP contribution is -2.62. The number of aliphatic hydroxyl groups is 1. The van der Waals surface area contributed by atoms with Crippen LogP contribution in [0.3, 0.4) is 0 Å². The molecule has 2 saturated heterocycles. The van der Waals surface area contributed by atoms with Gasteiger partial charge in [0.25, 0.3) is 0 Å². The largest absolute Gasteiger partial charge is 0.399 e. The Labute approximate surface area is 138 Å². The molecule has 1 amide bonds. The number of carbonyl (C=O) groups excluding carboxylic acids is 1. The number of piperidine rings is 2. The summed E-state index contributed by atoms with van der Waals surface area (Å²) in [4.78, 5) is 16.9. The molecule has 2 atom stereocenters. The molecule has 2 aliphatic rings. The molecule has 0 bridgehead atoms. The van der Waals surface area contributed by atoms with Gasteiger partial charge < -0.3 is 20.6 Å². The number of nitrogens with two attached hydrogens (primary N) is 1. The Kier molecular flexibility index (Phi) is 4.60. The highest BCUT2D eigenvalue weighted by Gasteiger charge is 2.47. The quantitative estimate of drug-likeness (QED) is 0.820. The number of nitrogen functional groups attached to an aromatic ring is 1. The van der Waals surface area contributed by atoms with Crippen LogP contribution in [-0.2, 0) is 11.2 Å². The van der Waals surface area contributed by atoms with Crippen LogP contribution in [0.15, 0.2) is 24.3 Å². The molecule has 0 unspecified atom stereocenters. The minimum atomic E-state index is -0.0228. The van der Waals surface area contributed by atoms with Crippen molar-refractivity contribution in [2.45, 2.75) is 31.7 Å². The Balaban J connectivity index is 1.67. The van der Waals surface area contributed by atoms with Crippen molar-refractivity contribution in [2.24, 2.45) is 5.41 Å². The molecule has 5 heteroatoms. The molecular weight excluding hydrogens is 290 g/mol. The van der Waals surface area contributed by atoms with Crippen LogP contribution in [0.5, 0.6) is 0 Å². The van der Waals surface area contributed by atoms with Gasteiger partial charge in [-0.2, -0.15) is 0 Å². The van der Waals surface area contributed by atoms with Gasteiger partial charge >= 0.3 is 0 Å². The van der Waals surface area contributed by atoms with Gasteiger partial charge in [-0.15, -0.1) is 0 Å². The zero-order chi connectivity index (χ0) is 16.4. The number of nitrogens with zero attached hydrogens (tertiary/aromatic N) is 2. The van der Waals surface area contributed by atoms with Crippen LogP contribution in [0, 0.1) is 5.41 Å². The average Bonchev–Trinajstić information content (AvgIpc) is 2.57. The van der Waals surface area contributed by atoms with E-state index >= 15 is 0 Å². The van der Waals surface area contributed by atoms with Gasteiger partial charge in [-0.05, 0) is 50.6 Å². The minimum absolute atomic E-state index is 0.0228. The first-order chi connectivity index (χ1) is 11.0. The van der Waals surface area contributed by atoms with Crippen LogP contribution in [-0.4, -0.2) is 60.1 Å². The second-order valence-corrected chi connectivity index (χ2v) is 7.13. The third-order valence-corrected chi connectivity index (χ3v) is 5.70. The van der Waals surface area contributed by atoms with Gasteiger partial charge in [-0.1, -0.05) is 12.1 Å². The summed E-state index contributed by atoms with van der Waals surface area (Å²) in [7, 11) is 2.11. The van der Waals surface area contributed by atoms with E-state index in [2.05, 4.69) is 11.9 Å². The Bertz CT molecular complexity index is 560. The van der Waals surface area contributed by atoms with Crippen molar-refractivity contribution in [3.8, 4) is 0 Å². The summed E-state index contributed by atoms with van der Waals surface area (Å²) in [5.74, 6) is 0.167. The predicted molar refractivity (Wildman–Crippen MR) is 90.9 cm³/mol. The van der Waals surface area contributed by atoms with Gasteiger partial charge in [0, 0.05) is 30.2 Å². The number of aliphatic hydroxyl groups excluding tert-OH is 1. The molecule has 0 saturated carbocycles. The highest BCUT2D eigenvalue weighted by molar-refractivity contribution is 5.79. The van der Waals surface area contributed by atoms with E-state index in [4.69, 9.17) is 5.73 Å². The highest BCUT2D eigenvalue weighted by atomic mass is 16.3. The van der Waals surface area contributed by atoms with Crippen molar-refractivity contribution in [2.75, 3.05) is 39.0 Å². The number of hydrogen-bond acceptors (Lipinski definition) is 4. The monoisotopic (exact) mass is 317 g/mol. The number of rotatable bonds is 3. The second-order valence-electron chi connectivity index (χ2n) is 7.13. The van der Waals surface area contributed by atoms with Crippen molar-refractivity contribution in [1.29, 1.82) is 0 Å². The molecule has 1 aromatic rings. The Morgan fingerprint density at radius 1 is 1.30 bits per heavy atom. The lowest BCUT2D eigenvalue weighted by Gasteiger charge is -2.53. The number of fused-ring (bicyclic) bond motifs is 1. The van der Waals surface area contributed by atoms with Crippen molar-refractivity contribution in [3.05, 3.63) is 29.8 Å². The topological polar surface area (TPSA) is 69.8 Å². The van der Waals surface area contributed by atoms with Gasteiger partial charge in [0.15, 0.2) is 0 Å². The molecule has 1 aromatic carbocycles. The van der Waals surface area contributed by atoms with Crippen LogP contribution < -0.4 is 5.73 Å². The zero-order valence-electron chi connectivity index (χ0n) is 13.9. The van der Waals surface area contributed by atoms with E-state index in [0.717, 1.165) is 50.1 Å². The third kappa shape index (κ3) is 3.21. The number of anilines is 1. The summed E-state index contributed by atoms with van der Waals surface area (Å²) in [6.07, 6.45) is 3.51. The predicted octanol–water partition coefficient (Wildman–Crippen LogP) is 1.12. The molecule has 0 spiro atoms. The van der Waals surface area contributed by atoms with E-state index in [-0.39, 0.29) is 24.0 Å². The molecule has 3 rings (SSSR count). The fraction of sp³-hybridized carbons (Fsp3) is 0.611. The fourth-order valence-corrected chi connectivity index (χ4v) is 4.16. The molecule has 126 valence electrons. The van der Waals surface area contributed by atoms with E-state index < -0.39 is 0 Å². The number of benzene rings is 1. The first-order valence-corrected chi connectivity index (χ1v) is 8.47. The number of likely N-dealkylation sites (N-methyl/N-ethyl adjacent to an activating group) is 1. The van der Waals surface area contributed by atoms with Gasteiger partial charge in [-0.25, -0.2) is 0 Å². The highest BCUT2D eigenvalue weighted by Crippen LogP contribution is 2.41. The minimum Gasteiger partial charge on any atom is -0.399 e. The van der Waals surface area contributed by atoms with Crippen molar-refractivity contribution < 1.29 is 9.90 Å². The van der Waals surface area contributed by atoms with Crippen molar-refractivity contribution >= 4 is 11.6 Å². The molecule has 2 fully saturated rings. The van der Waals surface area contributed by atoms with E-state index in [1.54, 1.807) is 0 Å². The molecule has 3 N–H and O–H groups in total. The SMILES string of the molecule is CN1CCC[C@]2(CO)CCN(C(=O)Cc3ccc(N)cc3)C[C@@H]12. The maximum absolute atomic E-state index is 12.6. The molecule has 0 radical (unpaired) electrons. The summed E-state index contributed by atoms with van der Waals surface area (Å²) in [6, 6.07) is 7.78. The first-order valence-electron chi connectivity index (χ1n) is 8.47. The summed E-state index contributed by atoms with van der Waals surface area (Å²) in [5, 5.41) is 9.94. The number of hydrogen-bond donors (Lipinski definition) is 2. The molecule has 5 nitrogen and oxygen atoms in total. The van der Waals surface area contributed by atoms with Crippen LogP contribution in [0.2, 0.25) is 0 Å². The van der Waals surface area contributed by atoms with Crippen LogP contribution >= 0.6 is 0 Å². The summed E-state index contributed by atoms with van der Waals surface area (Å²) >= 11 is 0. The maximum atomic E-state index is 12.6. The van der Waals surface area contributed by atoms with Gasteiger partial charge in [0.1, 0.15) is 0 Å². The molecular formula is C18H27N3O2. The third-order valence-electron chi connectivity index (χ3n) is 5.70.